The van der Waals surface area contributed by atoms with Gasteiger partial charge >= 0.3 is 0 Å². The average Bonchev–Trinajstić information content (AvgIpc) is 3.01. The molecule has 0 aliphatic heterocycles. The number of aryl methyl sites for hydroxylation is 1. The van der Waals surface area contributed by atoms with E-state index in [4.69, 9.17) is 5.73 Å². The van der Waals surface area contributed by atoms with Gasteiger partial charge in [0.1, 0.15) is 0 Å². The minimum Gasteiger partial charge on any atom is -0.402 e. The summed E-state index contributed by atoms with van der Waals surface area (Å²) in [7, 11) is 0. The predicted octanol–water partition coefficient (Wildman–Crippen LogP) is 10.9. The van der Waals surface area contributed by atoms with Crippen LogP contribution in [0.15, 0.2) is 158 Å². The van der Waals surface area contributed by atoms with Gasteiger partial charge in [0.05, 0.1) is 0 Å². The zero-order valence-corrected chi connectivity index (χ0v) is 24.1. The van der Waals surface area contributed by atoms with Crippen LogP contribution in [-0.4, -0.2) is 0 Å². The lowest BCUT2D eigenvalue weighted by Gasteiger charge is -2.18. The lowest BCUT2D eigenvalue weighted by molar-refractivity contribution is 1.16. The molecule has 0 bridgehead atoms. The zero-order valence-electron chi connectivity index (χ0n) is 24.1. The molecule has 0 aliphatic carbocycles. The Kier molecular flexibility index (Phi) is 7.83. The quantitative estimate of drug-likeness (QED) is 0.150. The second-order valence-electron chi connectivity index (χ2n) is 10.8. The molecule has 6 rings (SSSR count). The summed E-state index contributed by atoms with van der Waals surface area (Å²) in [5, 5.41) is 7.62. The van der Waals surface area contributed by atoms with E-state index >= 15 is 0 Å². The van der Waals surface area contributed by atoms with Crippen LogP contribution in [0.1, 0.15) is 17.5 Å². The summed E-state index contributed by atoms with van der Waals surface area (Å²) in [4.78, 5) is 0. The van der Waals surface area contributed by atoms with Gasteiger partial charge in [0, 0.05) is 12.1 Å². The van der Waals surface area contributed by atoms with Crippen molar-refractivity contribution in [3.63, 3.8) is 0 Å². The first-order chi connectivity index (χ1) is 20.6. The first-order valence-corrected chi connectivity index (χ1v) is 14.5. The van der Waals surface area contributed by atoms with E-state index in [9.17, 15) is 0 Å². The molecule has 0 amide bonds. The summed E-state index contributed by atoms with van der Waals surface area (Å²) < 4.78 is 0. The molecule has 0 fully saturated rings. The predicted molar refractivity (Wildman–Crippen MR) is 184 cm³/mol. The molecule has 0 spiro atoms. The molecule has 0 heterocycles. The number of allylic oxidation sites excluding steroid dienone is 6. The van der Waals surface area contributed by atoms with E-state index in [1.54, 1.807) is 6.08 Å². The van der Waals surface area contributed by atoms with E-state index < -0.39 is 0 Å². The Labute approximate surface area is 248 Å². The van der Waals surface area contributed by atoms with Crippen LogP contribution in [0.25, 0.3) is 54.6 Å². The maximum absolute atomic E-state index is 6.07. The number of fused-ring (bicyclic) bond motifs is 3. The Bertz CT molecular complexity index is 1960. The van der Waals surface area contributed by atoms with E-state index in [0.717, 1.165) is 18.5 Å². The molecule has 0 radical (unpaired) electrons. The van der Waals surface area contributed by atoms with E-state index in [-0.39, 0.29) is 0 Å². The molecule has 6 aromatic carbocycles. The lowest BCUT2D eigenvalue weighted by atomic mass is 9.85. The fourth-order valence-electron chi connectivity index (χ4n) is 5.89. The number of hydrogen-bond acceptors (Lipinski definition) is 1. The molecular weight excluding hydrogens is 506 g/mol. The van der Waals surface area contributed by atoms with Crippen molar-refractivity contribution in [3.8, 4) is 22.3 Å². The minimum absolute atomic E-state index is 0.730. The van der Waals surface area contributed by atoms with E-state index in [0.29, 0.717) is 0 Å². The van der Waals surface area contributed by atoms with Gasteiger partial charge in [-0.25, -0.2) is 0 Å². The third-order valence-corrected chi connectivity index (χ3v) is 7.86. The van der Waals surface area contributed by atoms with Crippen molar-refractivity contribution < 1.29 is 0 Å². The van der Waals surface area contributed by atoms with Crippen molar-refractivity contribution in [3.05, 3.63) is 169 Å². The smallest absolute Gasteiger partial charge is 0.0119 e. The van der Waals surface area contributed by atoms with Crippen molar-refractivity contribution in [2.75, 3.05) is 0 Å². The fraction of sp³-hybridized carbons (Fsp3) is 0.0732. The molecular formula is C41H35N. The van der Waals surface area contributed by atoms with Gasteiger partial charge < -0.3 is 5.73 Å². The maximum atomic E-state index is 6.07. The molecule has 0 unspecified atom stereocenters. The number of benzene rings is 6. The van der Waals surface area contributed by atoms with Crippen molar-refractivity contribution in [1.82, 2.24) is 0 Å². The number of hydrogen-bond donors (Lipinski definition) is 1. The third kappa shape index (κ3) is 5.55. The summed E-state index contributed by atoms with van der Waals surface area (Å²) in [5.74, 6) is 0. The average molecular weight is 542 g/mol. The van der Waals surface area contributed by atoms with Crippen LogP contribution in [-0.2, 0) is 6.42 Å². The highest BCUT2D eigenvalue weighted by molar-refractivity contribution is 6.21. The Hall–Kier alpha value is -5.14. The monoisotopic (exact) mass is 541 g/mol. The van der Waals surface area contributed by atoms with Gasteiger partial charge in [-0.05, 0) is 85.6 Å². The van der Waals surface area contributed by atoms with Gasteiger partial charge in [0.25, 0.3) is 0 Å². The molecule has 0 atom stereocenters. The van der Waals surface area contributed by atoms with E-state index in [1.165, 1.54) is 65.7 Å². The highest BCUT2D eigenvalue weighted by Gasteiger charge is 2.16. The molecule has 2 N–H and O–H groups in total. The lowest BCUT2D eigenvalue weighted by Crippen LogP contribution is -1.93. The SMILES string of the molecule is C=C/C=C\C/C(N)=C/C=C\Cc1ccc2cc(-c3c4ccccc4c(-c4cccc(C)c4)c4ccccc34)ccc2c1. The van der Waals surface area contributed by atoms with Gasteiger partial charge in [-0.3, -0.25) is 0 Å². The second-order valence-corrected chi connectivity index (χ2v) is 10.8. The maximum Gasteiger partial charge on any atom is 0.0119 e. The first-order valence-electron chi connectivity index (χ1n) is 14.5. The van der Waals surface area contributed by atoms with Gasteiger partial charge in [-0.2, -0.15) is 0 Å². The van der Waals surface area contributed by atoms with Crippen LogP contribution in [0.5, 0.6) is 0 Å². The van der Waals surface area contributed by atoms with Crippen LogP contribution in [0.4, 0.5) is 0 Å². The van der Waals surface area contributed by atoms with Crippen molar-refractivity contribution in [2.45, 2.75) is 19.8 Å². The normalized spacial score (nSPS) is 12.3. The van der Waals surface area contributed by atoms with Gasteiger partial charge in [-0.15, -0.1) is 0 Å². The Morgan fingerprint density at radius 1 is 0.643 bits per heavy atom. The van der Waals surface area contributed by atoms with Gasteiger partial charge in [-0.1, -0.05) is 146 Å². The number of nitrogens with two attached hydrogens (primary N) is 1. The van der Waals surface area contributed by atoms with Crippen molar-refractivity contribution >= 4 is 32.3 Å². The molecule has 0 aromatic heterocycles. The molecule has 6 aromatic rings. The topological polar surface area (TPSA) is 26.0 Å². The molecule has 0 saturated heterocycles. The fourth-order valence-corrected chi connectivity index (χ4v) is 5.89. The molecule has 0 saturated carbocycles. The standard InChI is InChI=1S/C41H35N/c1-3-4-5-16-35(42)17-7-6-14-30-22-23-32-28-34(25-24-31(32)27-30)41-38-20-10-8-18-36(38)40(33-15-12-13-29(2)26-33)37-19-9-11-21-39(37)41/h3-13,15,17-28H,1,14,16,42H2,2H3/b5-4-,7-6-,35-17-. The van der Waals surface area contributed by atoms with Crippen LogP contribution in [0.2, 0.25) is 0 Å². The van der Waals surface area contributed by atoms with Crippen LogP contribution in [0.3, 0.4) is 0 Å². The van der Waals surface area contributed by atoms with Crippen LogP contribution in [0, 0.1) is 6.92 Å². The van der Waals surface area contributed by atoms with Crippen molar-refractivity contribution in [2.24, 2.45) is 5.73 Å². The summed E-state index contributed by atoms with van der Waals surface area (Å²) >= 11 is 0. The van der Waals surface area contributed by atoms with Gasteiger partial charge in [0.15, 0.2) is 0 Å². The second kappa shape index (κ2) is 12.2. The summed E-state index contributed by atoms with van der Waals surface area (Å²) in [6.07, 6.45) is 13.4. The summed E-state index contributed by atoms with van der Waals surface area (Å²) in [6.45, 7) is 5.85. The van der Waals surface area contributed by atoms with E-state index in [2.05, 4.69) is 129 Å². The first kappa shape index (κ1) is 27.1. The number of rotatable bonds is 8. The Morgan fingerprint density at radius 3 is 1.90 bits per heavy atom. The van der Waals surface area contributed by atoms with Crippen molar-refractivity contribution in [1.29, 1.82) is 0 Å². The largest absolute Gasteiger partial charge is 0.402 e. The minimum atomic E-state index is 0.730. The molecule has 42 heavy (non-hydrogen) atoms. The van der Waals surface area contributed by atoms with Gasteiger partial charge in [0.2, 0.25) is 0 Å². The Balaban J connectivity index is 1.39. The van der Waals surface area contributed by atoms with Crippen LogP contribution >= 0.6 is 0 Å². The summed E-state index contributed by atoms with van der Waals surface area (Å²) in [5.41, 5.74) is 14.5. The highest BCUT2D eigenvalue weighted by atomic mass is 14.6. The van der Waals surface area contributed by atoms with E-state index in [1.807, 2.05) is 24.3 Å². The Morgan fingerprint density at radius 2 is 1.26 bits per heavy atom. The molecule has 1 nitrogen and oxygen atoms in total. The molecule has 204 valence electrons. The third-order valence-electron chi connectivity index (χ3n) is 7.86. The molecule has 0 aliphatic rings. The molecule has 1 heteroatoms. The highest BCUT2D eigenvalue weighted by Crippen LogP contribution is 2.44. The van der Waals surface area contributed by atoms with Crippen LogP contribution < -0.4 is 5.73 Å². The summed E-state index contributed by atoms with van der Waals surface area (Å²) in [6, 6.07) is 40.2. The zero-order chi connectivity index (χ0) is 28.9.